The molecule has 1 aromatic heterocycles. The maximum Gasteiger partial charge on any atom is 0.272 e. The van der Waals surface area contributed by atoms with Crippen LogP contribution in [0.1, 0.15) is 34.9 Å². The molecule has 0 bridgehead atoms. The summed E-state index contributed by atoms with van der Waals surface area (Å²) in [5.41, 5.74) is 1.77. The molecule has 1 saturated heterocycles. The Morgan fingerprint density at radius 1 is 1.30 bits per heavy atom. The van der Waals surface area contributed by atoms with Crippen molar-refractivity contribution in [3.63, 3.8) is 0 Å². The third-order valence-electron chi connectivity index (χ3n) is 3.81. The predicted molar refractivity (Wildman–Crippen MR) is 77.7 cm³/mol. The number of carbonyl (C=O) groups excluding carboxylic acids is 1. The van der Waals surface area contributed by atoms with Crippen LogP contribution in [0.5, 0.6) is 0 Å². The number of benzene rings is 1. The molecule has 20 heavy (non-hydrogen) atoms. The highest BCUT2D eigenvalue weighted by molar-refractivity contribution is 6.30. The Balaban J connectivity index is 1.87. The molecule has 1 aliphatic heterocycles. The highest BCUT2D eigenvalue weighted by atomic mass is 35.5. The minimum atomic E-state index is 0.0439. The fourth-order valence-corrected chi connectivity index (χ4v) is 2.90. The number of nitrogens with zero attached hydrogens (tertiary/aromatic N) is 3. The van der Waals surface area contributed by atoms with Crippen LogP contribution in [-0.2, 0) is 7.05 Å². The molecule has 0 radical (unpaired) electrons. The Morgan fingerprint density at radius 2 is 2.05 bits per heavy atom. The molecule has 1 aromatic carbocycles. The van der Waals surface area contributed by atoms with Gasteiger partial charge in [-0.25, -0.2) is 0 Å². The molecule has 1 amide bonds. The zero-order chi connectivity index (χ0) is 14.1. The van der Waals surface area contributed by atoms with E-state index in [9.17, 15) is 4.79 Å². The minimum Gasteiger partial charge on any atom is -0.330 e. The second-order valence-corrected chi connectivity index (χ2v) is 5.48. The van der Waals surface area contributed by atoms with Crippen LogP contribution in [0.15, 0.2) is 36.5 Å². The van der Waals surface area contributed by atoms with Gasteiger partial charge in [0.25, 0.3) is 5.91 Å². The van der Waals surface area contributed by atoms with Crippen molar-refractivity contribution in [1.82, 2.24) is 14.7 Å². The summed E-state index contributed by atoms with van der Waals surface area (Å²) in [4.78, 5) is 14.5. The highest BCUT2D eigenvalue weighted by Crippen LogP contribution is 2.33. The number of likely N-dealkylation sites (tertiary alicyclic amines) is 1. The Bertz CT molecular complexity index is 620. The van der Waals surface area contributed by atoms with Crippen LogP contribution in [0.2, 0.25) is 5.02 Å². The van der Waals surface area contributed by atoms with E-state index >= 15 is 0 Å². The zero-order valence-corrected chi connectivity index (χ0v) is 12.0. The van der Waals surface area contributed by atoms with Crippen molar-refractivity contribution >= 4 is 17.5 Å². The topological polar surface area (TPSA) is 38.1 Å². The Morgan fingerprint density at radius 3 is 2.70 bits per heavy atom. The van der Waals surface area contributed by atoms with E-state index in [-0.39, 0.29) is 11.9 Å². The van der Waals surface area contributed by atoms with Gasteiger partial charge < -0.3 is 4.90 Å². The van der Waals surface area contributed by atoms with Gasteiger partial charge >= 0.3 is 0 Å². The summed E-state index contributed by atoms with van der Waals surface area (Å²) in [6.45, 7) is 0.789. The van der Waals surface area contributed by atoms with Gasteiger partial charge in [-0.15, -0.1) is 0 Å². The van der Waals surface area contributed by atoms with E-state index in [1.54, 1.807) is 24.0 Å². The molecule has 2 aromatic rings. The van der Waals surface area contributed by atoms with Crippen molar-refractivity contribution < 1.29 is 4.79 Å². The molecule has 0 spiro atoms. The second-order valence-electron chi connectivity index (χ2n) is 5.05. The SMILES string of the molecule is Cn1nccc1C(=O)N1CCC[C@@H]1c1ccc(Cl)cc1. The molecule has 1 atom stereocenters. The number of aryl methyl sites for hydroxylation is 1. The second kappa shape index (κ2) is 5.29. The third kappa shape index (κ3) is 2.31. The maximum atomic E-state index is 12.6. The lowest BCUT2D eigenvalue weighted by Crippen LogP contribution is -2.31. The first-order chi connectivity index (χ1) is 9.66. The predicted octanol–water partition coefficient (Wildman–Crippen LogP) is 3.05. The number of halogens is 1. The molecule has 0 unspecified atom stereocenters. The fraction of sp³-hybridized carbons (Fsp3) is 0.333. The lowest BCUT2D eigenvalue weighted by Gasteiger charge is -2.25. The van der Waals surface area contributed by atoms with Gasteiger partial charge in [0.2, 0.25) is 0 Å². The normalized spacial score (nSPS) is 18.5. The maximum absolute atomic E-state index is 12.6. The smallest absolute Gasteiger partial charge is 0.272 e. The lowest BCUT2D eigenvalue weighted by atomic mass is 10.0. The molecular formula is C15H16ClN3O. The number of amides is 1. The van der Waals surface area contributed by atoms with E-state index in [1.165, 1.54) is 0 Å². The summed E-state index contributed by atoms with van der Waals surface area (Å²) >= 11 is 5.93. The van der Waals surface area contributed by atoms with E-state index < -0.39 is 0 Å². The van der Waals surface area contributed by atoms with Crippen LogP contribution in [0.3, 0.4) is 0 Å². The number of carbonyl (C=O) groups is 1. The summed E-state index contributed by atoms with van der Waals surface area (Å²) in [6, 6.07) is 9.65. The summed E-state index contributed by atoms with van der Waals surface area (Å²) in [5.74, 6) is 0.0439. The molecule has 1 aliphatic rings. The Hall–Kier alpha value is -1.81. The van der Waals surface area contributed by atoms with Crippen LogP contribution >= 0.6 is 11.6 Å². The molecule has 0 saturated carbocycles. The van der Waals surface area contributed by atoms with Crippen LogP contribution in [-0.4, -0.2) is 27.1 Å². The molecular weight excluding hydrogens is 274 g/mol. The van der Waals surface area contributed by atoms with E-state index in [4.69, 9.17) is 11.6 Å². The van der Waals surface area contributed by atoms with Gasteiger partial charge in [-0.05, 0) is 36.6 Å². The molecule has 5 heteroatoms. The zero-order valence-electron chi connectivity index (χ0n) is 11.3. The number of hydrogen-bond acceptors (Lipinski definition) is 2. The summed E-state index contributed by atoms with van der Waals surface area (Å²) in [7, 11) is 1.79. The first-order valence-electron chi connectivity index (χ1n) is 6.71. The van der Waals surface area contributed by atoms with Gasteiger partial charge in [-0.2, -0.15) is 5.10 Å². The molecule has 0 aliphatic carbocycles. The van der Waals surface area contributed by atoms with Gasteiger partial charge in [0.15, 0.2) is 0 Å². The van der Waals surface area contributed by atoms with E-state index in [0.717, 1.165) is 30.0 Å². The summed E-state index contributed by atoms with van der Waals surface area (Å²) in [5, 5.41) is 4.79. The monoisotopic (exact) mass is 289 g/mol. The van der Waals surface area contributed by atoms with Crippen LogP contribution in [0.25, 0.3) is 0 Å². The first kappa shape index (κ1) is 13.2. The quantitative estimate of drug-likeness (QED) is 0.852. The average Bonchev–Trinajstić information content (AvgIpc) is 3.07. The van der Waals surface area contributed by atoms with Crippen LogP contribution < -0.4 is 0 Å². The Labute approximate surface area is 123 Å². The number of rotatable bonds is 2. The van der Waals surface area contributed by atoms with E-state index in [0.29, 0.717) is 5.69 Å². The molecule has 0 N–H and O–H groups in total. The van der Waals surface area contributed by atoms with Crippen molar-refractivity contribution in [2.75, 3.05) is 6.54 Å². The third-order valence-corrected chi connectivity index (χ3v) is 4.06. The lowest BCUT2D eigenvalue weighted by molar-refractivity contribution is 0.0724. The van der Waals surface area contributed by atoms with Crippen molar-refractivity contribution in [3.05, 3.63) is 52.8 Å². The molecule has 104 valence electrons. The van der Waals surface area contributed by atoms with Gasteiger partial charge in [0.1, 0.15) is 5.69 Å². The highest BCUT2D eigenvalue weighted by Gasteiger charge is 2.31. The standard InChI is InChI=1S/C15H16ClN3O/c1-18-14(8-9-17-18)15(20)19-10-2-3-13(19)11-4-6-12(16)7-5-11/h4-9,13H,2-3,10H2,1H3/t13-/m1/s1. The van der Waals surface area contributed by atoms with Crippen molar-refractivity contribution in [2.45, 2.75) is 18.9 Å². The molecule has 4 nitrogen and oxygen atoms in total. The minimum absolute atomic E-state index is 0.0439. The Kier molecular flexibility index (Phi) is 3.49. The molecule has 1 fully saturated rings. The van der Waals surface area contributed by atoms with E-state index in [1.807, 2.05) is 29.2 Å². The van der Waals surface area contributed by atoms with Gasteiger partial charge in [-0.3, -0.25) is 9.48 Å². The largest absolute Gasteiger partial charge is 0.330 e. The van der Waals surface area contributed by atoms with Gasteiger partial charge in [0.05, 0.1) is 6.04 Å². The van der Waals surface area contributed by atoms with Crippen molar-refractivity contribution in [1.29, 1.82) is 0 Å². The first-order valence-corrected chi connectivity index (χ1v) is 7.09. The summed E-state index contributed by atoms with van der Waals surface area (Å²) < 4.78 is 1.62. The van der Waals surface area contributed by atoms with Crippen LogP contribution in [0.4, 0.5) is 0 Å². The van der Waals surface area contributed by atoms with Crippen LogP contribution in [0, 0.1) is 0 Å². The van der Waals surface area contributed by atoms with Crippen molar-refractivity contribution in [2.24, 2.45) is 7.05 Å². The van der Waals surface area contributed by atoms with Gasteiger partial charge in [-0.1, -0.05) is 23.7 Å². The summed E-state index contributed by atoms with van der Waals surface area (Å²) in [6.07, 6.45) is 3.67. The van der Waals surface area contributed by atoms with Crippen molar-refractivity contribution in [3.8, 4) is 0 Å². The number of aromatic nitrogens is 2. The number of hydrogen-bond donors (Lipinski definition) is 0. The molecule has 3 rings (SSSR count). The van der Waals surface area contributed by atoms with E-state index in [2.05, 4.69) is 5.10 Å². The fourth-order valence-electron chi connectivity index (χ4n) is 2.77. The molecule has 2 heterocycles. The average molecular weight is 290 g/mol. The van der Waals surface area contributed by atoms with Gasteiger partial charge in [0, 0.05) is 24.8 Å².